The molecule has 4 nitrogen and oxygen atoms in total. The molecule has 0 spiro atoms. The Morgan fingerprint density at radius 2 is 1.62 bits per heavy atom. The van der Waals surface area contributed by atoms with E-state index in [-0.39, 0.29) is 0 Å². The third kappa shape index (κ3) is 3.20. The van der Waals surface area contributed by atoms with Gasteiger partial charge >= 0.3 is 0 Å². The number of fused-ring (bicyclic) bond motifs is 6. The maximum atomic E-state index is 10.2. The van der Waals surface area contributed by atoms with Gasteiger partial charge in [-0.25, -0.2) is 4.98 Å². The Hall–Kier alpha value is -3.65. The molecular formula is C29H31FN4. The SMILES string of the molecule is CF.Cc1cc(C)c(-c2cnc3c4c(C(C)C)cccc4n4c(C)c(C)c(C#N)c4n23)c(C)c1. The van der Waals surface area contributed by atoms with Gasteiger partial charge in [0.1, 0.15) is 17.4 Å². The summed E-state index contributed by atoms with van der Waals surface area (Å²) in [5.74, 6) is 0.357. The number of halogens is 1. The van der Waals surface area contributed by atoms with Crippen molar-refractivity contribution < 1.29 is 4.39 Å². The number of imidazole rings is 1. The monoisotopic (exact) mass is 454 g/mol. The van der Waals surface area contributed by atoms with Crippen molar-refractivity contribution in [3.63, 3.8) is 0 Å². The highest BCUT2D eigenvalue weighted by atomic mass is 19.1. The van der Waals surface area contributed by atoms with Crippen molar-refractivity contribution in [2.75, 3.05) is 7.18 Å². The molecule has 0 saturated carbocycles. The molecule has 0 atom stereocenters. The van der Waals surface area contributed by atoms with Crippen molar-refractivity contribution in [3.05, 3.63) is 75.6 Å². The van der Waals surface area contributed by atoms with Crippen molar-refractivity contribution in [2.24, 2.45) is 0 Å². The largest absolute Gasteiger partial charge is 0.298 e. The zero-order valence-corrected chi connectivity index (χ0v) is 21.2. The van der Waals surface area contributed by atoms with Crippen LogP contribution in [0.5, 0.6) is 0 Å². The van der Waals surface area contributed by atoms with Gasteiger partial charge in [0.25, 0.3) is 0 Å². The summed E-state index contributed by atoms with van der Waals surface area (Å²) in [5.41, 5.74) is 12.9. The van der Waals surface area contributed by atoms with Gasteiger partial charge < -0.3 is 0 Å². The molecule has 3 heterocycles. The molecule has 0 aliphatic rings. The molecule has 0 saturated heterocycles. The minimum atomic E-state index is 0.357. The van der Waals surface area contributed by atoms with E-state index in [0.29, 0.717) is 18.7 Å². The number of hydrogen-bond acceptors (Lipinski definition) is 2. The molecule has 0 aliphatic heterocycles. The van der Waals surface area contributed by atoms with Crippen molar-refractivity contribution in [1.82, 2.24) is 13.8 Å². The van der Waals surface area contributed by atoms with Gasteiger partial charge in [-0.05, 0) is 68.9 Å². The maximum absolute atomic E-state index is 10.2. The van der Waals surface area contributed by atoms with Crippen LogP contribution in [0.3, 0.4) is 0 Å². The minimum Gasteiger partial charge on any atom is -0.298 e. The Morgan fingerprint density at radius 1 is 0.971 bits per heavy atom. The fourth-order valence-electron chi connectivity index (χ4n) is 5.40. The normalized spacial score (nSPS) is 11.3. The van der Waals surface area contributed by atoms with Crippen LogP contribution >= 0.6 is 0 Å². The number of aryl methyl sites for hydroxylation is 4. The van der Waals surface area contributed by atoms with E-state index in [4.69, 9.17) is 4.98 Å². The molecule has 0 bridgehead atoms. The number of aromatic nitrogens is 3. The molecule has 2 aromatic carbocycles. The van der Waals surface area contributed by atoms with E-state index >= 15 is 0 Å². The van der Waals surface area contributed by atoms with Crippen LogP contribution < -0.4 is 0 Å². The topological polar surface area (TPSA) is 45.5 Å². The van der Waals surface area contributed by atoms with Gasteiger partial charge in [-0.2, -0.15) is 5.26 Å². The fourth-order valence-corrected chi connectivity index (χ4v) is 5.40. The smallest absolute Gasteiger partial charge is 0.148 e. The predicted molar refractivity (Wildman–Crippen MR) is 139 cm³/mol. The van der Waals surface area contributed by atoms with Crippen LogP contribution in [0.25, 0.3) is 33.5 Å². The first kappa shape index (κ1) is 23.5. The van der Waals surface area contributed by atoms with Crippen LogP contribution in [-0.2, 0) is 0 Å². The van der Waals surface area contributed by atoms with Crippen molar-refractivity contribution in [2.45, 2.75) is 54.4 Å². The Kier molecular flexibility index (Phi) is 5.95. The van der Waals surface area contributed by atoms with Gasteiger partial charge in [0, 0.05) is 16.6 Å². The summed E-state index contributed by atoms with van der Waals surface area (Å²) in [6.45, 7) is 15.1. The van der Waals surface area contributed by atoms with Crippen molar-refractivity contribution in [3.8, 4) is 17.3 Å². The maximum Gasteiger partial charge on any atom is 0.148 e. The van der Waals surface area contributed by atoms with Crippen LogP contribution in [0, 0.1) is 45.9 Å². The Morgan fingerprint density at radius 3 is 2.21 bits per heavy atom. The third-order valence-corrected chi connectivity index (χ3v) is 6.87. The quantitative estimate of drug-likeness (QED) is 0.277. The molecule has 0 fully saturated rings. The number of nitriles is 1. The lowest BCUT2D eigenvalue weighted by atomic mass is 9.97. The molecule has 0 amide bonds. The van der Waals surface area contributed by atoms with E-state index < -0.39 is 0 Å². The lowest BCUT2D eigenvalue weighted by Crippen LogP contribution is -2.04. The molecule has 3 aromatic heterocycles. The summed E-state index contributed by atoms with van der Waals surface area (Å²) < 4.78 is 14.0. The Balaban J connectivity index is 0.00000133. The molecule has 0 N–H and O–H groups in total. The van der Waals surface area contributed by atoms with Gasteiger partial charge in [0.2, 0.25) is 0 Å². The number of alkyl halides is 1. The minimum absolute atomic E-state index is 0.357. The molecule has 0 aliphatic carbocycles. The van der Waals surface area contributed by atoms with Gasteiger partial charge in [-0.15, -0.1) is 0 Å². The first-order chi connectivity index (χ1) is 16.3. The van der Waals surface area contributed by atoms with E-state index in [9.17, 15) is 9.65 Å². The van der Waals surface area contributed by atoms with Crippen LogP contribution in [0.2, 0.25) is 0 Å². The molecule has 34 heavy (non-hydrogen) atoms. The van der Waals surface area contributed by atoms with E-state index in [0.717, 1.165) is 39.1 Å². The second-order valence-corrected chi connectivity index (χ2v) is 9.33. The summed E-state index contributed by atoms with van der Waals surface area (Å²) in [5, 5.41) is 11.3. The average Bonchev–Trinajstić information content (AvgIpc) is 3.33. The highest BCUT2D eigenvalue weighted by molar-refractivity contribution is 5.99. The van der Waals surface area contributed by atoms with Crippen LogP contribution in [-0.4, -0.2) is 21.0 Å². The molecule has 0 radical (unpaired) electrons. The molecule has 5 heteroatoms. The summed E-state index contributed by atoms with van der Waals surface area (Å²) in [6.07, 6.45) is 1.98. The fraction of sp³-hybridized carbons (Fsp3) is 0.310. The van der Waals surface area contributed by atoms with Crippen LogP contribution in [0.1, 0.15) is 58.8 Å². The van der Waals surface area contributed by atoms with E-state index in [2.05, 4.69) is 86.7 Å². The lowest BCUT2D eigenvalue weighted by Gasteiger charge is -2.17. The molecular weight excluding hydrogens is 423 g/mol. The van der Waals surface area contributed by atoms with Crippen molar-refractivity contribution in [1.29, 1.82) is 5.26 Å². The summed E-state index contributed by atoms with van der Waals surface area (Å²) in [6, 6.07) is 13.4. The number of hydrogen-bond donors (Lipinski definition) is 0. The predicted octanol–water partition coefficient (Wildman–Crippen LogP) is 7.53. The molecule has 174 valence electrons. The zero-order valence-electron chi connectivity index (χ0n) is 21.2. The summed E-state index contributed by atoms with van der Waals surface area (Å²) >= 11 is 0. The van der Waals surface area contributed by atoms with E-state index in [1.54, 1.807) is 0 Å². The van der Waals surface area contributed by atoms with Crippen LogP contribution in [0.4, 0.5) is 4.39 Å². The molecule has 0 unspecified atom stereocenters. The lowest BCUT2D eigenvalue weighted by molar-refractivity contribution is 0.636. The van der Waals surface area contributed by atoms with E-state index in [1.165, 1.54) is 27.8 Å². The van der Waals surface area contributed by atoms with Gasteiger partial charge in [0.05, 0.1) is 30.1 Å². The third-order valence-electron chi connectivity index (χ3n) is 6.87. The average molecular weight is 455 g/mol. The Bertz CT molecular complexity index is 1590. The second kappa shape index (κ2) is 8.61. The Labute approximate surface area is 200 Å². The van der Waals surface area contributed by atoms with Gasteiger partial charge in [0.15, 0.2) is 0 Å². The second-order valence-electron chi connectivity index (χ2n) is 9.33. The standard InChI is InChI=1S/C28H28N4.CH3F/c1-15(2)21-9-8-10-23-26(21)27-30-14-24(25-17(4)11-16(3)12-18(25)5)32(27)28-22(13-29)19(6)20(7)31(23)28;1-2/h8-12,14-15H,1-7H3;1H3. The van der Waals surface area contributed by atoms with E-state index in [1.807, 2.05) is 13.1 Å². The number of benzene rings is 2. The van der Waals surface area contributed by atoms with Crippen LogP contribution in [0.15, 0.2) is 36.5 Å². The first-order valence-corrected chi connectivity index (χ1v) is 11.6. The van der Waals surface area contributed by atoms with Gasteiger partial charge in [-0.1, -0.05) is 43.7 Å². The van der Waals surface area contributed by atoms with Crippen molar-refractivity contribution >= 4 is 22.2 Å². The number of rotatable bonds is 2. The highest BCUT2D eigenvalue weighted by Crippen LogP contribution is 2.38. The zero-order chi connectivity index (χ0) is 24.9. The first-order valence-electron chi connectivity index (χ1n) is 11.6. The highest BCUT2D eigenvalue weighted by Gasteiger charge is 2.24. The summed E-state index contributed by atoms with van der Waals surface area (Å²) in [4.78, 5) is 4.98. The number of nitrogens with zero attached hydrogens (tertiary/aromatic N) is 4. The van der Waals surface area contributed by atoms with Gasteiger partial charge in [-0.3, -0.25) is 13.2 Å². The molecule has 5 aromatic rings. The molecule has 5 rings (SSSR count). The summed E-state index contributed by atoms with van der Waals surface area (Å²) in [7, 11) is 0.500.